The van der Waals surface area contributed by atoms with Gasteiger partial charge in [-0.3, -0.25) is 0 Å². The van der Waals surface area contributed by atoms with Crippen LogP contribution in [0.15, 0.2) is 18.2 Å². The van der Waals surface area contributed by atoms with E-state index in [-0.39, 0.29) is 12.2 Å². The van der Waals surface area contributed by atoms with E-state index in [9.17, 15) is 20.4 Å². The van der Waals surface area contributed by atoms with E-state index in [2.05, 4.69) is 0 Å². The van der Waals surface area contributed by atoms with Crippen LogP contribution in [0.5, 0.6) is 5.75 Å². The van der Waals surface area contributed by atoms with Gasteiger partial charge in [-0.15, -0.1) is 0 Å². The van der Waals surface area contributed by atoms with Crippen molar-refractivity contribution < 1.29 is 20.4 Å². The van der Waals surface area contributed by atoms with E-state index in [1.807, 2.05) is 0 Å². The Morgan fingerprint density at radius 2 is 1.86 bits per heavy atom. The van der Waals surface area contributed by atoms with Gasteiger partial charge in [0.25, 0.3) is 0 Å². The van der Waals surface area contributed by atoms with Crippen LogP contribution < -0.4 is 0 Å². The highest BCUT2D eigenvalue weighted by molar-refractivity contribution is 5.44. The molecule has 0 spiro atoms. The lowest BCUT2D eigenvalue weighted by molar-refractivity contribution is -0.0294. The first-order valence-corrected chi connectivity index (χ1v) is 4.47. The van der Waals surface area contributed by atoms with Crippen LogP contribution in [0.2, 0.25) is 0 Å². The minimum absolute atomic E-state index is 0.0408. The first kappa shape index (κ1) is 9.45. The predicted octanol–water partition coefficient (Wildman–Crippen LogP) is 0.224. The van der Waals surface area contributed by atoms with E-state index in [0.717, 1.165) is 0 Å². The van der Waals surface area contributed by atoms with Crippen molar-refractivity contribution in [3.05, 3.63) is 29.3 Å². The van der Waals surface area contributed by atoms with Crippen LogP contribution >= 0.6 is 0 Å². The largest absolute Gasteiger partial charge is 0.508 e. The van der Waals surface area contributed by atoms with E-state index >= 15 is 0 Å². The van der Waals surface area contributed by atoms with Crippen molar-refractivity contribution >= 4 is 0 Å². The number of phenolic OH excluding ortho intramolecular Hbond substituents is 1. The van der Waals surface area contributed by atoms with Crippen molar-refractivity contribution in [2.75, 3.05) is 0 Å². The number of hydrogen-bond acceptors (Lipinski definition) is 4. The molecular weight excluding hydrogens is 184 g/mol. The van der Waals surface area contributed by atoms with E-state index in [4.69, 9.17) is 0 Å². The van der Waals surface area contributed by atoms with E-state index in [1.54, 1.807) is 12.1 Å². The van der Waals surface area contributed by atoms with Gasteiger partial charge in [-0.2, -0.15) is 0 Å². The van der Waals surface area contributed by atoms with Crippen molar-refractivity contribution in [2.24, 2.45) is 0 Å². The SMILES string of the molecule is Oc1cccc2c1[C@@H](O)C[C@H](O)[C@H]2O. The number of aliphatic hydroxyl groups excluding tert-OH is 3. The lowest BCUT2D eigenvalue weighted by Crippen LogP contribution is -2.27. The zero-order chi connectivity index (χ0) is 10.3. The van der Waals surface area contributed by atoms with Gasteiger partial charge >= 0.3 is 0 Å². The number of rotatable bonds is 0. The number of aromatic hydroxyl groups is 1. The molecule has 0 saturated carbocycles. The summed E-state index contributed by atoms with van der Waals surface area (Å²) in [7, 11) is 0. The molecule has 0 aliphatic heterocycles. The molecule has 1 aliphatic rings. The van der Waals surface area contributed by atoms with Crippen molar-refractivity contribution in [1.29, 1.82) is 0 Å². The maximum Gasteiger partial charge on any atom is 0.121 e. The molecule has 2 rings (SSSR count). The summed E-state index contributed by atoms with van der Waals surface area (Å²) in [5.74, 6) is -0.0408. The minimum atomic E-state index is -1.03. The number of phenols is 1. The lowest BCUT2D eigenvalue weighted by atomic mass is 9.85. The second kappa shape index (κ2) is 3.24. The van der Waals surface area contributed by atoms with Gasteiger partial charge in [0.1, 0.15) is 11.9 Å². The molecule has 4 heteroatoms. The molecule has 0 aromatic heterocycles. The molecule has 1 aliphatic carbocycles. The summed E-state index contributed by atoms with van der Waals surface area (Å²) in [5.41, 5.74) is 0.724. The second-order valence-electron chi connectivity index (χ2n) is 3.54. The summed E-state index contributed by atoms with van der Waals surface area (Å²) in [6.45, 7) is 0. The Bertz CT molecular complexity index is 350. The molecule has 0 saturated heterocycles. The topological polar surface area (TPSA) is 80.9 Å². The highest BCUT2D eigenvalue weighted by Gasteiger charge is 2.33. The minimum Gasteiger partial charge on any atom is -0.508 e. The first-order valence-electron chi connectivity index (χ1n) is 4.47. The van der Waals surface area contributed by atoms with E-state index in [1.165, 1.54) is 6.07 Å². The molecule has 0 unspecified atom stereocenters. The van der Waals surface area contributed by atoms with Crippen LogP contribution in [-0.4, -0.2) is 26.5 Å². The maximum absolute atomic E-state index is 9.60. The lowest BCUT2D eigenvalue weighted by Gasteiger charge is -2.30. The molecule has 76 valence electrons. The van der Waals surface area contributed by atoms with Crippen molar-refractivity contribution in [2.45, 2.75) is 24.7 Å². The fraction of sp³-hybridized carbons (Fsp3) is 0.400. The van der Waals surface area contributed by atoms with Gasteiger partial charge in [-0.05, 0) is 11.6 Å². The molecule has 0 bridgehead atoms. The quantitative estimate of drug-likeness (QED) is 0.478. The Hall–Kier alpha value is -1.10. The monoisotopic (exact) mass is 196 g/mol. The smallest absolute Gasteiger partial charge is 0.121 e. The molecular formula is C10H12O4. The molecule has 1 aromatic rings. The Morgan fingerprint density at radius 3 is 2.57 bits per heavy atom. The summed E-state index contributed by atoms with van der Waals surface area (Å²) in [6.07, 6.45) is -2.87. The van der Waals surface area contributed by atoms with Gasteiger partial charge < -0.3 is 20.4 Å². The highest BCUT2D eigenvalue weighted by Crippen LogP contribution is 2.40. The predicted molar refractivity (Wildman–Crippen MR) is 48.7 cm³/mol. The van der Waals surface area contributed by atoms with Crippen molar-refractivity contribution in [3.8, 4) is 5.75 Å². The second-order valence-corrected chi connectivity index (χ2v) is 3.54. The summed E-state index contributed by atoms with van der Waals surface area (Å²) >= 11 is 0. The molecule has 14 heavy (non-hydrogen) atoms. The zero-order valence-electron chi connectivity index (χ0n) is 7.46. The van der Waals surface area contributed by atoms with Crippen LogP contribution in [0.3, 0.4) is 0 Å². The highest BCUT2D eigenvalue weighted by atomic mass is 16.3. The summed E-state index contributed by atoms with van der Waals surface area (Å²) in [4.78, 5) is 0. The Labute approximate surface area is 81.1 Å². The molecule has 4 nitrogen and oxygen atoms in total. The van der Waals surface area contributed by atoms with Gasteiger partial charge in [0.15, 0.2) is 0 Å². The van der Waals surface area contributed by atoms with Gasteiger partial charge in [-0.25, -0.2) is 0 Å². The number of fused-ring (bicyclic) bond motifs is 1. The molecule has 1 aromatic carbocycles. The number of aliphatic hydroxyl groups is 3. The first-order chi connectivity index (χ1) is 6.61. The van der Waals surface area contributed by atoms with Gasteiger partial charge in [0, 0.05) is 12.0 Å². The normalized spacial score (nSPS) is 31.2. The molecule has 4 N–H and O–H groups in total. The van der Waals surface area contributed by atoms with Crippen molar-refractivity contribution in [1.82, 2.24) is 0 Å². The standard InChI is InChI=1S/C10H12O4/c11-6-3-1-2-5-9(6)7(12)4-8(13)10(5)14/h1-3,7-8,10-14H,4H2/t7-,8-,10-/m0/s1. The van der Waals surface area contributed by atoms with E-state index in [0.29, 0.717) is 11.1 Å². The average molecular weight is 196 g/mol. The van der Waals surface area contributed by atoms with Crippen LogP contribution in [0.1, 0.15) is 29.8 Å². The van der Waals surface area contributed by atoms with Crippen LogP contribution in [0.25, 0.3) is 0 Å². The third-order valence-electron chi connectivity index (χ3n) is 2.60. The Kier molecular flexibility index (Phi) is 2.19. The van der Waals surface area contributed by atoms with Crippen LogP contribution in [0.4, 0.5) is 0 Å². The summed E-state index contributed by atoms with van der Waals surface area (Å²) in [6, 6.07) is 4.61. The third kappa shape index (κ3) is 1.28. The third-order valence-corrected chi connectivity index (χ3v) is 2.60. The Balaban J connectivity index is 2.55. The molecule has 0 fully saturated rings. The maximum atomic E-state index is 9.60. The molecule has 0 amide bonds. The van der Waals surface area contributed by atoms with Gasteiger partial charge in [-0.1, -0.05) is 12.1 Å². The van der Waals surface area contributed by atoms with Crippen LogP contribution in [0, 0.1) is 0 Å². The molecule has 0 radical (unpaired) electrons. The fourth-order valence-electron chi connectivity index (χ4n) is 1.87. The molecule has 0 heterocycles. The van der Waals surface area contributed by atoms with Gasteiger partial charge in [0.2, 0.25) is 0 Å². The average Bonchev–Trinajstić information content (AvgIpc) is 2.14. The summed E-state index contributed by atoms with van der Waals surface area (Å²) in [5, 5.41) is 38.1. The zero-order valence-corrected chi connectivity index (χ0v) is 7.46. The van der Waals surface area contributed by atoms with Gasteiger partial charge in [0.05, 0.1) is 12.2 Å². The molecule has 3 atom stereocenters. The fourth-order valence-corrected chi connectivity index (χ4v) is 1.87. The van der Waals surface area contributed by atoms with E-state index < -0.39 is 18.3 Å². The number of benzene rings is 1. The van der Waals surface area contributed by atoms with Crippen molar-refractivity contribution in [3.63, 3.8) is 0 Å². The Morgan fingerprint density at radius 1 is 1.14 bits per heavy atom. The summed E-state index contributed by atoms with van der Waals surface area (Å²) < 4.78 is 0. The van der Waals surface area contributed by atoms with Crippen LogP contribution in [-0.2, 0) is 0 Å². The number of hydrogen-bond donors (Lipinski definition) is 4.